The quantitative estimate of drug-likeness (QED) is 0.402. The average molecular weight is 598 g/mol. The van der Waals surface area contributed by atoms with Crippen molar-refractivity contribution in [2.24, 2.45) is 11.8 Å². The van der Waals surface area contributed by atoms with Crippen LogP contribution in [0.15, 0.2) is 47.1 Å². The molecule has 4 atom stereocenters. The van der Waals surface area contributed by atoms with Crippen molar-refractivity contribution in [1.82, 2.24) is 15.0 Å². The molecule has 1 fully saturated rings. The summed E-state index contributed by atoms with van der Waals surface area (Å²) in [5.41, 5.74) is 3.41. The van der Waals surface area contributed by atoms with Gasteiger partial charge in [0.2, 0.25) is 0 Å². The number of rotatable bonds is 8. The highest BCUT2D eigenvalue weighted by atomic mass is 79.9. The van der Waals surface area contributed by atoms with E-state index in [2.05, 4.69) is 65.2 Å². The third kappa shape index (κ3) is 4.48. The number of hydrogen-bond donors (Lipinski definition) is 1. The number of nitrogens with zero attached hydrogens (tertiary/aromatic N) is 4. The van der Waals surface area contributed by atoms with Gasteiger partial charge >= 0.3 is 0 Å². The second-order valence-corrected chi connectivity index (χ2v) is 12.3. The number of aliphatic hydroxyl groups is 1. The van der Waals surface area contributed by atoms with Gasteiger partial charge in [0.15, 0.2) is 5.60 Å². The molecule has 8 nitrogen and oxygen atoms in total. The number of aromatic nitrogens is 3. The van der Waals surface area contributed by atoms with E-state index >= 15 is 0 Å². The van der Waals surface area contributed by atoms with Gasteiger partial charge in [-0.25, -0.2) is 0 Å². The summed E-state index contributed by atoms with van der Waals surface area (Å²) in [6.45, 7) is 9.34. The molecule has 2 aromatic carbocycles. The van der Waals surface area contributed by atoms with E-state index in [0.717, 1.165) is 32.7 Å². The number of fused-ring (bicyclic) bond motifs is 2. The zero-order valence-corrected chi connectivity index (χ0v) is 25.0. The Balaban J connectivity index is 1.58. The number of anilines is 1. The van der Waals surface area contributed by atoms with Gasteiger partial charge < -0.3 is 19.5 Å². The Labute approximate surface area is 238 Å². The molecule has 5 rings (SSSR count). The first-order chi connectivity index (χ1) is 18.5. The van der Waals surface area contributed by atoms with Crippen molar-refractivity contribution in [3.8, 4) is 5.75 Å². The number of likely N-dealkylation sites (N-methyl/N-ethyl adjacent to an activating group) is 1. The summed E-state index contributed by atoms with van der Waals surface area (Å²) < 4.78 is 15.2. The van der Waals surface area contributed by atoms with Crippen molar-refractivity contribution in [3.63, 3.8) is 0 Å². The van der Waals surface area contributed by atoms with Gasteiger partial charge in [0.25, 0.3) is 5.91 Å². The molecular formula is C30H37BrN4O4. The van der Waals surface area contributed by atoms with Gasteiger partial charge in [0.1, 0.15) is 5.75 Å². The molecule has 1 N–H and O–H groups in total. The smallest absolute Gasteiger partial charge is 0.264 e. The number of aliphatic hydroxyl groups excluding tert-OH is 1. The number of carbonyl (C=O) groups is 1. The summed E-state index contributed by atoms with van der Waals surface area (Å²) in [6, 6.07) is 12.4. The molecule has 2 aliphatic heterocycles. The van der Waals surface area contributed by atoms with Gasteiger partial charge in [-0.2, -0.15) is 0 Å². The second kappa shape index (κ2) is 10.3. The van der Waals surface area contributed by atoms with Crippen molar-refractivity contribution in [2.45, 2.75) is 64.2 Å². The molecule has 9 heteroatoms. The topological polar surface area (TPSA) is 89.7 Å². The van der Waals surface area contributed by atoms with Gasteiger partial charge in [-0.05, 0) is 64.0 Å². The highest BCUT2D eigenvalue weighted by Crippen LogP contribution is 2.60. The minimum atomic E-state index is -1.08. The number of aryl methyl sites for hydroxylation is 2. The van der Waals surface area contributed by atoms with Crippen LogP contribution in [-0.2, 0) is 33.5 Å². The Bertz CT molecular complexity index is 1370. The molecule has 3 aromatic rings. The van der Waals surface area contributed by atoms with E-state index in [-0.39, 0.29) is 35.9 Å². The van der Waals surface area contributed by atoms with Crippen molar-refractivity contribution in [3.05, 3.63) is 69.5 Å². The predicted molar refractivity (Wildman–Crippen MR) is 153 cm³/mol. The lowest BCUT2D eigenvalue weighted by Gasteiger charge is -2.38. The van der Waals surface area contributed by atoms with Gasteiger partial charge in [0.05, 0.1) is 24.6 Å². The van der Waals surface area contributed by atoms with Crippen molar-refractivity contribution in [1.29, 1.82) is 0 Å². The summed E-state index contributed by atoms with van der Waals surface area (Å²) in [7, 11) is 3.50. The minimum absolute atomic E-state index is 0.0221. The van der Waals surface area contributed by atoms with E-state index in [4.69, 9.17) is 9.47 Å². The van der Waals surface area contributed by atoms with Gasteiger partial charge in [-0.15, -0.1) is 5.10 Å². The van der Waals surface area contributed by atoms with Gasteiger partial charge in [-0.3, -0.25) is 9.48 Å². The Hall–Kier alpha value is -2.75. The number of methoxy groups -OCH3 is 1. The van der Waals surface area contributed by atoms with Crippen LogP contribution in [0.5, 0.6) is 5.75 Å². The second-order valence-electron chi connectivity index (χ2n) is 11.4. The normalized spacial score (nSPS) is 24.6. The molecule has 208 valence electrons. The fourth-order valence-electron chi connectivity index (χ4n) is 6.85. The number of hydrogen-bond acceptors (Lipinski definition) is 6. The summed E-state index contributed by atoms with van der Waals surface area (Å²) in [5, 5.41) is 17.7. The third-order valence-corrected chi connectivity index (χ3v) is 9.35. The molecule has 2 aliphatic rings. The van der Waals surface area contributed by atoms with E-state index in [1.807, 2.05) is 38.4 Å². The molecule has 0 aliphatic carbocycles. The Morgan fingerprint density at radius 1 is 1.23 bits per heavy atom. The van der Waals surface area contributed by atoms with Crippen LogP contribution in [0.25, 0.3) is 0 Å². The highest BCUT2D eigenvalue weighted by Gasteiger charge is 2.65. The first kappa shape index (κ1) is 27.8. The third-order valence-electron chi connectivity index (χ3n) is 8.75. The van der Waals surface area contributed by atoms with E-state index in [1.165, 1.54) is 5.56 Å². The lowest BCUT2D eigenvalue weighted by molar-refractivity contribution is -0.145. The molecule has 0 radical (unpaired) electrons. The zero-order valence-electron chi connectivity index (χ0n) is 23.4. The molecule has 1 spiro atoms. The molecule has 1 aromatic heterocycles. The monoisotopic (exact) mass is 596 g/mol. The molecule has 1 saturated heterocycles. The molecule has 0 unspecified atom stereocenters. The van der Waals surface area contributed by atoms with E-state index in [9.17, 15) is 9.90 Å². The summed E-state index contributed by atoms with van der Waals surface area (Å²) in [4.78, 5) is 15.9. The van der Waals surface area contributed by atoms with Crippen molar-refractivity contribution in [2.75, 3.05) is 25.7 Å². The fourth-order valence-corrected chi connectivity index (χ4v) is 7.69. The molecule has 39 heavy (non-hydrogen) atoms. The van der Waals surface area contributed by atoms with Crippen LogP contribution in [0.3, 0.4) is 0 Å². The SMILES string of the molecule is COc1ccc(C(C)(C)[C@@H]2[C@@H](CCn3cc(CCO)nn3)O[C@]3(C(=O)N(C)c4c(Br)cc(C)cc43)[C@H]2C)cc1. The van der Waals surface area contributed by atoms with Crippen LogP contribution < -0.4 is 9.64 Å². The van der Waals surface area contributed by atoms with Crippen LogP contribution in [-0.4, -0.2) is 52.9 Å². The summed E-state index contributed by atoms with van der Waals surface area (Å²) in [6.07, 6.45) is 2.79. The summed E-state index contributed by atoms with van der Waals surface area (Å²) >= 11 is 3.72. The molecule has 1 amide bonds. The number of benzene rings is 2. The lowest BCUT2D eigenvalue weighted by atomic mass is 9.63. The van der Waals surface area contributed by atoms with Crippen LogP contribution in [0, 0.1) is 18.8 Å². The largest absolute Gasteiger partial charge is 0.497 e. The Morgan fingerprint density at radius 3 is 2.62 bits per heavy atom. The van der Waals surface area contributed by atoms with Crippen LogP contribution in [0.2, 0.25) is 0 Å². The van der Waals surface area contributed by atoms with E-state index < -0.39 is 5.60 Å². The van der Waals surface area contributed by atoms with Crippen LogP contribution in [0.4, 0.5) is 5.69 Å². The maximum Gasteiger partial charge on any atom is 0.264 e. The maximum atomic E-state index is 14.2. The van der Waals surface area contributed by atoms with E-state index in [0.29, 0.717) is 19.4 Å². The molecular weight excluding hydrogens is 560 g/mol. The van der Waals surface area contributed by atoms with Gasteiger partial charge in [-0.1, -0.05) is 44.2 Å². The zero-order chi connectivity index (χ0) is 28.1. The minimum Gasteiger partial charge on any atom is -0.497 e. The number of carbonyl (C=O) groups excluding carboxylic acids is 1. The molecule has 0 bridgehead atoms. The first-order valence-corrected chi connectivity index (χ1v) is 14.2. The fraction of sp³-hybridized carbons (Fsp3) is 0.500. The lowest BCUT2D eigenvalue weighted by Crippen LogP contribution is -2.45. The van der Waals surface area contributed by atoms with Crippen molar-refractivity contribution >= 4 is 27.5 Å². The maximum absolute atomic E-state index is 14.2. The Kier molecular flexibility index (Phi) is 7.37. The molecule has 3 heterocycles. The predicted octanol–water partition coefficient (Wildman–Crippen LogP) is 4.78. The Morgan fingerprint density at radius 2 is 1.95 bits per heavy atom. The summed E-state index contributed by atoms with van der Waals surface area (Å²) in [5.74, 6) is 0.699. The first-order valence-electron chi connectivity index (χ1n) is 13.5. The van der Waals surface area contributed by atoms with Crippen molar-refractivity contribution < 1.29 is 19.4 Å². The number of amides is 1. The molecule has 0 saturated carbocycles. The van der Waals surface area contributed by atoms with Gasteiger partial charge in [0, 0.05) is 54.7 Å². The number of ether oxygens (including phenoxy) is 2. The van der Waals surface area contributed by atoms with Crippen LogP contribution in [0.1, 0.15) is 49.6 Å². The number of halogens is 1. The van der Waals surface area contributed by atoms with E-state index in [1.54, 1.807) is 16.7 Å². The highest BCUT2D eigenvalue weighted by molar-refractivity contribution is 9.10. The van der Waals surface area contributed by atoms with Crippen LogP contribution >= 0.6 is 15.9 Å². The standard InChI is InChI=1S/C30H37BrN4O4/c1-18-15-23-27(24(31)16-18)34(5)28(37)30(23)19(2)26(29(3,4)20-7-9-22(38-6)10-8-20)25(39-30)11-13-35-17-21(12-14-36)32-33-35/h7-10,15-17,19,25-26,36H,11-14H2,1-6H3/t19-,25+,26-,30+/m0/s1. The average Bonchev–Trinajstić information content (AvgIpc) is 3.54.